The Morgan fingerprint density at radius 2 is 1.06 bits per heavy atom. The third-order valence-electron chi connectivity index (χ3n) is 14.0. The lowest BCUT2D eigenvalue weighted by Crippen LogP contribution is -2.35. The molecule has 0 radical (unpaired) electrons. The third-order valence-corrected chi connectivity index (χ3v) is 14.0. The largest absolute Gasteiger partial charge is 0.493 e. The number of unbranched alkanes of at least 4 members (excludes halogenated alkanes) is 2. The van der Waals surface area contributed by atoms with Crippen LogP contribution in [0, 0.1) is 0 Å². The molecule has 21 heteroatoms. The van der Waals surface area contributed by atoms with Gasteiger partial charge in [0.15, 0.2) is 34.5 Å². The van der Waals surface area contributed by atoms with Crippen LogP contribution >= 0.6 is 0 Å². The summed E-state index contributed by atoms with van der Waals surface area (Å²) in [6.07, 6.45) is 16.0. The molecule has 368 valence electrons. The Bertz CT molecular complexity index is 2970. The number of nitrogens with zero attached hydrogens (tertiary/aromatic N) is 12. The van der Waals surface area contributed by atoms with Crippen molar-refractivity contribution in [2.45, 2.75) is 95.3 Å². The molecule has 0 bridgehead atoms. The first kappa shape index (κ1) is 45.6. The minimum absolute atomic E-state index is 0.000658. The van der Waals surface area contributed by atoms with Gasteiger partial charge in [0, 0.05) is 63.0 Å². The molecule has 0 saturated carbocycles. The van der Waals surface area contributed by atoms with Crippen LogP contribution in [0.3, 0.4) is 0 Å². The molecule has 3 amide bonds. The molecule has 6 aliphatic heterocycles. The number of hydrogen-bond acceptors (Lipinski definition) is 16. The van der Waals surface area contributed by atoms with Crippen LogP contribution in [0.2, 0.25) is 0 Å². The third kappa shape index (κ3) is 8.99. The second-order valence-electron chi connectivity index (χ2n) is 18.4. The van der Waals surface area contributed by atoms with E-state index in [0.717, 1.165) is 51.5 Å². The lowest BCUT2D eigenvalue weighted by molar-refractivity contribution is 0.0763. The first-order valence-corrected chi connectivity index (χ1v) is 24.1. The average molecular weight is 967 g/mol. The van der Waals surface area contributed by atoms with Crippen molar-refractivity contribution in [2.75, 3.05) is 47.6 Å². The summed E-state index contributed by atoms with van der Waals surface area (Å²) in [5.41, 5.74) is 4.31. The molecule has 8 heterocycles. The predicted octanol–water partition coefficient (Wildman–Crippen LogP) is 6.12. The van der Waals surface area contributed by atoms with Gasteiger partial charge in [-0.05, 0) is 69.6 Å². The summed E-state index contributed by atoms with van der Waals surface area (Å²) in [4.78, 5) is 60.1. The Kier molecular flexibility index (Phi) is 12.5. The highest BCUT2D eigenvalue weighted by Crippen LogP contribution is 2.42. The van der Waals surface area contributed by atoms with Gasteiger partial charge in [-0.1, -0.05) is 10.4 Å². The zero-order valence-corrected chi connectivity index (χ0v) is 39.8. The fraction of sp³-hybridized carbons (Fsp3) is 0.440. The molecule has 0 unspecified atom stereocenters. The van der Waals surface area contributed by atoms with E-state index in [1.54, 1.807) is 67.1 Å². The molecule has 71 heavy (non-hydrogen) atoms. The summed E-state index contributed by atoms with van der Waals surface area (Å²) in [5, 5.41) is 17.3. The van der Waals surface area contributed by atoms with E-state index in [0.29, 0.717) is 112 Å². The highest BCUT2D eigenvalue weighted by atomic mass is 16.5. The quantitative estimate of drug-likeness (QED) is 0.0963. The van der Waals surface area contributed by atoms with Crippen LogP contribution in [-0.4, -0.2) is 147 Å². The van der Waals surface area contributed by atoms with Crippen LogP contribution in [0.5, 0.6) is 34.5 Å². The maximum Gasteiger partial charge on any atom is 0.256 e. The summed E-state index contributed by atoms with van der Waals surface area (Å²) in [7, 11) is 4.65. The molecule has 5 aromatic rings. The van der Waals surface area contributed by atoms with Crippen LogP contribution in [0.15, 0.2) is 63.8 Å². The van der Waals surface area contributed by atoms with Crippen LogP contribution in [0.1, 0.15) is 99.9 Å². The monoisotopic (exact) mass is 966 g/mol. The van der Waals surface area contributed by atoms with Crippen molar-refractivity contribution in [2.24, 2.45) is 15.0 Å². The van der Waals surface area contributed by atoms with E-state index in [2.05, 4.69) is 30.6 Å². The number of aromatic nitrogens is 6. The molecule has 3 aromatic carbocycles. The Morgan fingerprint density at radius 1 is 0.549 bits per heavy atom. The van der Waals surface area contributed by atoms with Crippen LogP contribution in [0.4, 0.5) is 17.1 Å². The zero-order valence-electron chi connectivity index (χ0n) is 39.8. The molecule has 3 fully saturated rings. The summed E-state index contributed by atoms with van der Waals surface area (Å²) >= 11 is 0. The van der Waals surface area contributed by atoms with E-state index in [4.69, 9.17) is 33.4 Å². The zero-order chi connectivity index (χ0) is 48.6. The van der Waals surface area contributed by atoms with Crippen LogP contribution in [0.25, 0.3) is 0 Å². The number of hydrogen-bond donors (Lipinski definition) is 0. The van der Waals surface area contributed by atoms with E-state index >= 15 is 0 Å². The van der Waals surface area contributed by atoms with Gasteiger partial charge in [0.05, 0.1) is 98.2 Å². The van der Waals surface area contributed by atoms with Crippen molar-refractivity contribution < 1.29 is 42.8 Å². The fourth-order valence-corrected chi connectivity index (χ4v) is 10.2. The van der Waals surface area contributed by atoms with Crippen LogP contribution < -0.4 is 28.4 Å². The van der Waals surface area contributed by atoms with E-state index in [-0.39, 0.29) is 55.1 Å². The van der Waals surface area contributed by atoms with Gasteiger partial charge in [-0.3, -0.25) is 34.0 Å². The number of rotatable bonds is 17. The molecule has 21 nitrogen and oxygen atoms in total. The van der Waals surface area contributed by atoms with Crippen molar-refractivity contribution in [1.29, 1.82) is 0 Å². The van der Waals surface area contributed by atoms with E-state index in [9.17, 15) is 14.4 Å². The lowest BCUT2D eigenvalue weighted by Gasteiger charge is -2.20. The lowest BCUT2D eigenvalue weighted by atomic mass is 10.1. The molecule has 11 rings (SSSR count). The molecule has 0 aliphatic carbocycles. The first-order valence-electron chi connectivity index (χ1n) is 24.1. The summed E-state index contributed by atoms with van der Waals surface area (Å²) in [5.74, 6) is 2.54. The minimum Gasteiger partial charge on any atom is -0.493 e. The Balaban J connectivity index is 0.650. The smallest absolute Gasteiger partial charge is 0.256 e. The van der Waals surface area contributed by atoms with Gasteiger partial charge in [0.25, 0.3) is 17.7 Å². The molecule has 2 aromatic heterocycles. The van der Waals surface area contributed by atoms with Gasteiger partial charge in [-0.25, -0.2) is 4.68 Å². The predicted molar refractivity (Wildman–Crippen MR) is 258 cm³/mol. The van der Waals surface area contributed by atoms with Gasteiger partial charge >= 0.3 is 0 Å². The van der Waals surface area contributed by atoms with Gasteiger partial charge in [0.1, 0.15) is 24.6 Å². The maximum absolute atomic E-state index is 14.1. The molecule has 0 N–H and O–H groups in total. The topological polar surface area (TPSA) is 215 Å². The first-order chi connectivity index (χ1) is 34.7. The number of aryl methyl sites for hydroxylation is 1. The number of methoxy groups -OCH3 is 3. The summed E-state index contributed by atoms with van der Waals surface area (Å²) in [6.45, 7) is 3.23. The fourth-order valence-electron chi connectivity index (χ4n) is 10.2. The normalized spacial score (nSPS) is 20.7. The highest BCUT2D eigenvalue weighted by molar-refractivity contribution is 6.05. The number of fused-ring (bicyclic) bond motifs is 6. The van der Waals surface area contributed by atoms with Gasteiger partial charge in [-0.15, -0.1) is 10.2 Å². The van der Waals surface area contributed by atoms with Gasteiger partial charge < -0.3 is 43.1 Å². The summed E-state index contributed by atoms with van der Waals surface area (Å²) in [6, 6.07) is 10.00. The standard InChI is InChI=1S/C50H54N12O9/c1-66-42-18-38-39(19-45(42)69-14-6-4-5-11-58-25-30(54-56-58)28-70-46-20-40-36(16-43(46)67-2)48(63)59-12-7-9-32(59)22-51-40)53-24-34-15-35(27-61(34)50(38)65)62-26-31(55-57-62)29-71-47-21-41-37(17-44(47)68-3)49(64)60-13-8-10-33(60)23-52-41/h16-26,32-35H,4-15,27-29H2,1-3H3/t32-,33-,34-,35-/m0/s1. The number of carbonyl (C=O) groups is 3. The molecular weight excluding hydrogens is 913 g/mol. The van der Waals surface area contributed by atoms with Crippen molar-refractivity contribution in [3.8, 4) is 34.5 Å². The minimum atomic E-state index is -0.250. The number of ether oxygens (including phenoxy) is 6. The molecule has 6 aliphatic rings. The number of amides is 3. The van der Waals surface area contributed by atoms with Crippen molar-refractivity contribution in [3.05, 3.63) is 76.9 Å². The van der Waals surface area contributed by atoms with E-state index in [1.807, 2.05) is 45.7 Å². The van der Waals surface area contributed by atoms with Crippen molar-refractivity contribution >= 4 is 53.4 Å². The average Bonchev–Trinajstić information content (AvgIpc) is 4.26. The van der Waals surface area contributed by atoms with Crippen LogP contribution in [-0.2, 0) is 19.8 Å². The molecule has 3 saturated heterocycles. The number of benzene rings is 3. The highest BCUT2D eigenvalue weighted by Gasteiger charge is 2.39. The second kappa shape index (κ2) is 19.5. The SMILES string of the molecule is COc1cc2c(cc1OCCCCCn1cc(COc3cc4c(cc3OC)C(=O)N3CCC[C@H]3C=N4)nn1)N=C[C@@H]1C[C@H](n3cc(COc4cc5c(cc4OC)C(=O)N4CCC[C@H]4C=N5)nn3)CN1C2=O. The molecular formula is C50H54N12O9. The Morgan fingerprint density at radius 3 is 1.62 bits per heavy atom. The van der Waals surface area contributed by atoms with Crippen molar-refractivity contribution in [1.82, 2.24) is 44.7 Å². The summed E-state index contributed by atoms with van der Waals surface area (Å²) < 4.78 is 38.9. The van der Waals surface area contributed by atoms with Crippen molar-refractivity contribution in [3.63, 3.8) is 0 Å². The Hall–Kier alpha value is -7.84. The van der Waals surface area contributed by atoms with Gasteiger partial charge in [-0.2, -0.15) is 0 Å². The van der Waals surface area contributed by atoms with Gasteiger partial charge in [0.2, 0.25) is 0 Å². The number of carbonyl (C=O) groups excluding carboxylic acids is 3. The van der Waals surface area contributed by atoms with E-state index < -0.39 is 0 Å². The Labute approximate surface area is 409 Å². The van der Waals surface area contributed by atoms with E-state index in [1.165, 1.54) is 0 Å². The second-order valence-corrected chi connectivity index (χ2v) is 18.4. The molecule has 0 spiro atoms. The molecule has 4 atom stereocenters. The maximum atomic E-state index is 14.1. The number of aliphatic imine (C=N–C) groups is 3.